The molecule has 0 spiro atoms. The fourth-order valence-electron chi connectivity index (χ4n) is 1.37. The van der Waals surface area contributed by atoms with E-state index >= 15 is 0 Å². The number of Topliss-reactive ketones (excluding diaryl/α,β-unsaturated/α-hetero) is 2. The van der Waals surface area contributed by atoms with E-state index in [0.717, 1.165) is 0 Å². The third kappa shape index (κ3) is 3.61. The van der Waals surface area contributed by atoms with Crippen LogP contribution in [0.25, 0.3) is 0 Å². The fourth-order valence-corrected chi connectivity index (χ4v) is 1.37. The van der Waals surface area contributed by atoms with Crippen LogP contribution >= 0.6 is 0 Å². The Morgan fingerprint density at radius 3 is 2.06 bits per heavy atom. The highest BCUT2D eigenvalue weighted by atomic mass is 16.1. The number of ketones is 2. The van der Waals surface area contributed by atoms with Crippen LogP contribution in [0.4, 0.5) is 0 Å². The van der Waals surface area contributed by atoms with Crippen LogP contribution in [0, 0.1) is 5.41 Å². The average Bonchev–Trinajstić information content (AvgIpc) is 2.25. The molecule has 1 rings (SSSR count). The van der Waals surface area contributed by atoms with Crippen molar-refractivity contribution < 1.29 is 9.59 Å². The molecular formula is C14H18O2. The quantitative estimate of drug-likeness (QED) is 0.727. The highest BCUT2D eigenvalue weighted by molar-refractivity contribution is 5.98. The van der Waals surface area contributed by atoms with Gasteiger partial charge in [0.05, 0.1) is 0 Å². The van der Waals surface area contributed by atoms with Gasteiger partial charge in [-0.25, -0.2) is 0 Å². The van der Waals surface area contributed by atoms with Gasteiger partial charge in [0.1, 0.15) is 5.78 Å². The summed E-state index contributed by atoms with van der Waals surface area (Å²) in [4.78, 5) is 23.4. The maximum Gasteiger partial charge on any atom is 0.163 e. The van der Waals surface area contributed by atoms with Crippen molar-refractivity contribution in [1.82, 2.24) is 0 Å². The zero-order valence-corrected chi connectivity index (χ0v) is 10.1. The number of hydrogen-bond donors (Lipinski definition) is 0. The maximum atomic E-state index is 11.7. The molecule has 2 heteroatoms. The molecule has 0 saturated heterocycles. The predicted molar refractivity (Wildman–Crippen MR) is 64.5 cm³/mol. The van der Waals surface area contributed by atoms with Crippen molar-refractivity contribution in [3.63, 3.8) is 0 Å². The van der Waals surface area contributed by atoms with Crippen molar-refractivity contribution >= 4 is 11.6 Å². The number of carbonyl (C=O) groups excluding carboxylic acids is 2. The largest absolute Gasteiger partial charge is 0.299 e. The van der Waals surface area contributed by atoms with Crippen LogP contribution in [0.1, 0.15) is 44.0 Å². The Kier molecular flexibility index (Phi) is 3.99. The second-order valence-corrected chi connectivity index (χ2v) is 4.96. The molecule has 16 heavy (non-hydrogen) atoms. The standard InChI is InChI=1S/C14H18O2/c1-14(2,3)13(16)10-9-12(15)11-7-5-4-6-8-11/h4-8H,9-10H2,1-3H3. The van der Waals surface area contributed by atoms with Crippen molar-refractivity contribution in [3.05, 3.63) is 35.9 Å². The van der Waals surface area contributed by atoms with Crippen LogP contribution in [0.3, 0.4) is 0 Å². The molecule has 0 bridgehead atoms. The first-order chi connectivity index (χ1) is 7.41. The third-order valence-corrected chi connectivity index (χ3v) is 2.51. The molecule has 0 atom stereocenters. The molecule has 0 heterocycles. The van der Waals surface area contributed by atoms with E-state index in [4.69, 9.17) is 0 Å². The Labute approximate surface area is 96.7 Å². The van der Waals surface area contributed by atoms with Crippen LogP contribution in [-0.4, -0.2) is 11.6 Å². The summed E-state index contributed by atoms with van der Waals surface area (Å²) in [5, 5.41) is 0. The Morgan fingerprint density at radius 1 is 1.00 bits per heavy atom. The molecule has 0 radical (unpaired) electrons. The monoisotopic (exact) mass is 218 g/mol. The van der Waals surface area contributed by atoms with Crippen molar-refractivity contribution in [2.24, 2.45) is 5.41 Å². The summed E-state index contributed by atoms with van der Waals surface area (Å²) in [7, 11) is 0. The number of rotatable bonds is 4. The summed E-state index contributed by atoms with van der Waals surface area (Å²) in [6, 6.07) is 9.10. The second-order valence-electron chi connectivity index (χ2n) is 4.96. The summed E-state index contributed by atoms with van der Waals surface area (Å²) in [5.41, 5.74) is 0.334. The van der Waals surface area contributed by atoms with E-state index in [2.05, 4.69) is 0 Å². The number of benzene rings is 1. The topological polar surface area (TPSA) is 34.1 Å². The van der Waals surface area contributed by atoms with E-state index in [9.17, 15) is 9.59 Å². The van der Waals surface area contributed by atoms with Crippen LogP contribution < -0.4 is 0 Å². The van der Waals surface area contributed by atoms with Crippen LogP contribution in [0.15, 0.2) is 30.3 Å². The van der Waals surface area contributed by atoms with Crippen molar-refractivity contribution in [3.8, 4) is 0 Å². The molecule has 0 N–H and O–H groups in total. The summed E-state index contributed by atoms with van der Waals surface area (Å²) >= 11 is 0. The molecule has 1 aromatic rings. The Balaban J connectivity index is 2.52. The van der Waals surface area contributed by atoms with Gasteiger partial charge in [-0.3, -0.25) is 9.59 Å². The Morgan fingerprint density at radius 2 is 1.56 bits per heavy atom. The lowest BCUT2D eigenvalue weighted by atomic mass is 9.87. The van der Waals surface area contributed by atoms with E-state index in [1.54, 1.807) is 12.1 Å². The zero-order valence-electron chi connectivity index (χ0n) is 10.1. The third-order valence-electron chi connectivity index (χ3n) is 2.51. The van der Waals surface area contributed by atoms with Gasteiger partial charge in [0.15, 0.2) is 5.78 Å². The molecule has 0 fully saturated rings. The molecule has 0 aliphatic rings. The minimum atomic E-state index is -0.350. The van der Waals surface area contributed by atoms with E-state index < -0.39 is 0 Å². The summed E-state index contributed by atoms with van der Waals surface area (Å²) in [6.45, 7) is 5.63. The molecule has 2 nitrogen and oxygen atoms in total. The molecule has 0 aliphatic heterocycles. The highest BCUT2D eigenvalue weighted by Gasteiger charge is 2.21. The van der Waals surface area contributed by atoms with Gasteiger partial charge in [-0.2, -0.15) is 0 Å². The Hall–Kier alpha value is -1.44. The van der Waals surface area contributed by atoms with Crippen LogP contribution in [0.2, 0.25) is 0 Å². The highest BCUT2D eigenvalue weighted by Crippen LogP contribution is 2.18. The molecule has 86 valence electrons. The van der Waals surface area contributed by atoms with Gasteiger partial charge in [0.2, 0.25) is 0 Å². The van der Waals surface area contributed by atoms with Crippen molar-refractivity contribution in [1.29, 1.82) is 0 Å². The van der Waals surface area contributed by atoms with Gasteiger partial charge in [0.25, 0.3) is 0 Å². The second kappa shape index (κ2) is 5.06. The van der Waals surface area contributed by atoms with Gasteiger partial charge in [0, 0.05) is 23.8 Å². The van der Waals surface area contributed by atoms with Crippen molar-refractivity contribution in [2.75, 3.05) is 0 Å². The SMILES string of the molecule is CC(C)(C)C(=O)CCC(=O)c1ccccc1. The minimum absolute atomic E-state index is 0.0400. The smallest absolute Gasteiger partial charge is 0.163 e. The van der Waals surface area contributed by atoms with E-state index in [1.807, 2.05) is 39.0 Å². The van der Waals surface area contributed by atoms with E-state index in [1.165, 1.54) is 0 Å². The maximum absolute atomic E-state index is 11.7. The molecule has 0 aliphatic carbocycles. The summed E-state index contributed by atoms with van der Waals surface area (Å²) in [5.74, 6) is 0.176. The molecule has 1 aromatic carbocycles. The minimum Gasteiger partial charge on any atom is -0.299 e. The lowest BCUT2D eigenvalue weighted by molar-refractivity contribution is -0.126. The van der Waals surface area contributed by atoms with Crippen LogP contribution in [-0.2, 0) is 4.79 Å². The van der Waals surface area contributed by atoms with Gasteiger partial charge in [-0.1, -0.05) is 51.1 Å². The summed E-state index contributed by atoms with van der Waals surface area (Å²) < 4.78 is 0. The molecule has 0 aromatic heterocycles. The number of hydrogen-bond acceptors (Lipinski definition) is 2. The lowest BCUT2D eigenvalue weighted by Crippen LogP contribution is -2.20. The first kappa shape index (κ1) is 12.6. The fraction of sp³-hybridized carbons (Fsp3) is 0.429. The van der Waals surface area contributed by atoms with Crippen LogP contribution in [0.5, 0.6) is 0 Å². The molecular weight excluding hydrogens is 200 g/mol. The summed E-state index contributed by atoms with van der Waals surface area (Å²) in [6.07, 6.45) is 0.636. The zero-order chi connectivity index (χ0) is 12.2. The number of carbonyl (C=O) groups is 2. The lowest BCUT2D eigenvalue weighted by Gasteiger charge is -2.15. The molecule has 0 unspecified atom stereocenters. The Bertz CT molecular complexity index is 371. The normalized spacial score (nSPS) is 11.2. The van der Waals surface area contributed by atoms with Gasteiger partial charge in [-0.15, -0.1) is 0 Å². The first-order valence-electron chi connectivity index (χ1n) is 5.53. The van der Waals surface area contributed by atoms with Gasteiger partial charge >= 0.3 is 0 Å². The van der Waals surface area contributed by atoms with E-state index in [-0.39, 0.29) is 17.0 Å². The molecule has 0 saturated carbocycles. The van der Waals surface area contributed by atoms with Gasteiger partial charge < -0.3 is 0 Å². The molecule has 0 amide bonds. The predicted octanol–water partition coefficient (Wildman–Crippen LogP) is 3.26. The van der Waals surface area contributed by atoms with Crippen molar-refractivity contribution in [2.45, 2.75) is 33.6 Å². The van der Waals surface area contributed by atoms with E-state index in [0.29, 0.717) is 18.4 Å². The first-order valence-corrected chi connectivity index (χ1v) is 5.53. The van der Waals surface area contributed by atoms with Gasteiger partial charge in [-0.05, 0) is 0 Å². The average molecular weight is 218 g/mol.